The Morgan fingerprint density at radius 2 is 2.24 bits per heavy atom. The summed E-state index contributed by atoms with van der Waals surface area (Å²) in [6, 6.07) is 5.33. The van der Waals surface area contributed by atoms with Crippen LogP contribution in [-0.2, 0) is 7.05 Å². The molecule has 0 bridgehead atoms. The highest BCUT2D eigenvalue weighted by atomic mass is 79.9. The molecule has 0 saturated heterocycles. The standard InChI is InChI=1S/C12H11BrN2O2/c1-8(16)11-5-9(13)3-4-12(11)17-10-6-14-15(2)7-10/h3-7H,1-2H3. The van der Waals surface area contributed by atoms with Crippen molar-refractivity contribution in [3.05, 3.63) is 40.6 Å². The minimum Gasteiger partial charge on any atom is -0.453 e. The van der Waals surface area contributed by atoms with Gasteiger partial charge in [-0.05, 0) is 25.1 Å². The minimum absolute atomic E-state index is 0.0369. The van der Waals surface area contributed by atoms with E-state index in [4.69, 9.17) is 4.74 Å². The number of carbonyl (C=O) groups is 1. The van der Waals surface area contributed by atoms with E-state index in [1.165, 1.54) is 6.92 Å². The number of ketones is 1. The second kappa shape index (κ2) is 4.71. The van der Waals surface area contributed by atoms with Gasteiger partial charge >= 0.3 is 0 Å². The number of ether oxygens (including phenoxy) is 1. The van der Waals surface area contributed by atoms with E-state index in [1.807, 2.05) is 6.07 Å². The van der Waals surface area contributed by atoms with Crippen LogP contribution in [0.1, 0.15) is 17.3 Å². The minimum atomic E-state index is -0.0369. The zero-order valence-electron chi connectivity index (χ0n) is 9.48. The van der Waals surface area contributed by atoms with Crippen molar-refractivity contribution >= 4 is 21.7 Å². The zero-order chi connectivity index (χ0) is 12.4. The first-order valence-electron chi connectivity index (χ1n) is 5.03. The first kappa shape index (κ1) is 11.9. The molecule has 1 aromatic carbocycles. The molecule has 0 atom stereocenters. The van der Waals surface area contributed by atoms with Crippen LogP contribution in [0.3, 0.4) is 0 Å². The molecule has 88 valence electrons. The normalized spacial score (nSPS) is 10.3. The Balaban J connectivity index is 2.35. The summed E-state index contributed by atoms with van der Waals surface area (Å²) >= 11 is 3.33. The summed E-state index contributed by atoms with van der Waals surface area (Å²) in [7, 11) is 1.81. The van der Waals surface area contributed by atoms with Crippen molar-refractivity contribution < 1.29 is 9.53 Å². The van der Waals surface area contributed by atoms with E-state index in [9.17, 15) is 4.79 Å². The Morgan fingerprint density at radius 3 is 2.82 bits per heavy atom. The van der Waals surface area contributed by atoms with Gasteiger partial charge in [-0.15, -0.1) is 0 Å². The van der Waals surface area contributed by atoms with Gasteiger partial charge in [0.15, 0.2) is 11.5 Å². The van der Waals surface area contributed by atoms with Gasteiger partial charge in [-0.25, -0.2) is 0 Å². The predicted octanol–water partition coefficient (Wildman–Crippen LogP) is 3.18. The van der Waals surface area contributed by atoms with Gasteiger partial charge in [0.1, 0.15) is 5.75 Å². The molecule has 4 nitrogen and oxygen atoms in total. The number of aromatic nitrogens is 2. The van der Waals surface area contributed by atoms with E-state index in [0.717, 1.165) is 4.47 Å². The van der Waals surface area contributed by atoms with Gasteiger partial charge in [0.25, 0.3) is 0 Å². The molecule has 0 aliphatic heterocycles. The molecule has 0 unspecified atom stereocenters. The molecule has 0 spiro atoms. The van der Waals surface area contributed by atoms with Gasteiger partial charge in [0.2, 0.25) is 0 Å². The predicted molar refractivity (Wildman–Crippen MR) is 67.4 cm³/mol. The summed E-state index contributed by atoms with van der Waals surface area (Å²) in [5.74, 6) is 1.11. The lowest BCUT2D eigenvalue weighted by Gasteiger charge is -2.07. The average molecular weight is 295 g/mol. The van der Waals surface area contributed by atoms with E-state index < -0.39 is 0 Å². The summed E-state index contributed by atoms with van der Waals surface area (Å²) in [6.07, 6.45) is 3.35. The van der Waals surface area contributed by atoms with E-state index in [1.54, 1.807) is 36.3 Å². The molecule has 0 aliphatic rings. The van der Waals surface area contributed by atoms with Crippen LogP contribution in [0.25, 0.3) is 0 Å². The molecule has 0 fully saturated rings. The smallest absolute Gasteiger partial charge is 0.165 e. The lowest BCUT2D eigenvalue weighted by Crippen LogP contribution is -1.96. The van der Waals surface area contributed by atoms with E-state index in [-0.39, 0.29) is 5.78 Å². The van der Waals surface area contributed by atoms with Crippen LogP contribution in [0.5, 0.6) is 11.5 Å². The molecule has 0 N–H and O–H groups in total. The second-order valence-corrected chi connectivity index (χ2v) is 4.56. The third-order valence-corrected chi connectivity index (χ3v) is 2.72. The van der Waals surface area contributed by atoms with Gasteiger partial charge in [0, 0.05) is 11.5 Å². The van der Waals surface area contributed by atoms with Crippen LogP contribution < -0.4 is 4.74 Å². The fraction of sp³-hybridized carbons (Fsp3) is 0.167. The maximum atomic E-state index is 11.5. The molecule has 1 heterocycles. The van der Waals surface area contributed by atoms with Crippen LogP contribution >= 0.6 is 15.9 Å². The van der Waals surface area contributed by atoms with Crippen molar-refractivity contribution in [2.24, 2.45) is 7.05 Å². The maximum Gasteiger partial charge on any atom is 0.165 e. The molecule has 0 saturated carbocycles. The highest BCUT2D eigenvalue weighted by molar-refractivity contribution is 9.10. The molecular formula is C12H11BrN2O2. The van der Waals surface area contributed by atoms with Crippen molar-refractivity contribution in [2.45, 2.75) is 6.92 Å². The number of nitrogens with zero attached hydrogens (tertiary/aromatic N) is 2. The molecular weight excluding hydrogens is 284 g/mol. The number of aryl methyl sites for hydroxylation is 1. The van der Waals surface area contributed by atoms with Crippen molar-refractivity contribution in [2.75, 3.05) is 0 Å². The van der Waals surface area contributed by atoms with Crippen molar-refractivity contribution in [1.82, 2.24) is 9.78 Å². The SMILES string of the molecule is CC(=O)c1cc(Br)ccc1Oc1cnn(C)c1. The van der Waals surface area contributed by atoms with E-state index in [0.29, 0.717) is 17.1 Å². The number of hydrogen-bond donors (Lipinski definition) is 0. The Labute approximate surface area is 107 Å². The van der Waals surface area contributed by atoms with Crippen LogP contribution in [0.15, 0.2) is 35.1 Å². The highest BCUT2D eigenvalue weighted by Gasteiger charge is 2.10. The lowest BCUT2D eigenvalue weighted by molar-refractivity contribution is 0.101. The Hall–Kier alpha value is -1.62. The van der Waals surface area contributed by atoms with Crippen molar-refractivity contribution in [3.8, 4) is 11.5 Å². The number of benzene rings is 1. The molecule has 0 amide bonds. The van der Waals surface area contributed by atoms with E-state index in [2.05, 4.69) is 21.0 Å². The summed E-state index contributed by atoms with van der Waals surface area (Å²) in [6.45, 7) is 1.51. The van der Waals surface area contributed by atoms with Crippen LogP contribution in [0, 0.1) is 0 Å². The van der Waals surface area contributed by atoms with Gasteiger partial charge in [-0.2, -0.15) is 5.10 Å². The first-order chi connectivity index (χ1) is 8.06. The van der Waals surface area contributed by atoms with Gasteiger partial charge in [0.05, 0.1) is 18.0 Å². The largest absolute Gasteiger partial charge is 0.453 e. The zero-order valence-corrected chi connectivity index (χ0v) is 11.1. The fourth-order valence-corrected chi connectivity index (χ4v) is 1.81. The highest BCUT2D eigenvalue weighted by Crippen LogP contribution is 2.28. The summed E-state index contributed by atoms with van der Waals surface area (Å²) in [4.78, 5) is 11.5. The van der Waals surface area contributed by atoms with Gasteiger partial charge in [-0.3, -0.25) is 9.48 Å². The molecule has 2 aromatic rings. The Kier molecular flexibility index (Phi) is 3.28. The van der Waals surface area contributed by atoms with Crippen LogP contribution in [-0.4, -0.2) is 15.6 Å². The van der Waals surface area contributed by atoms with Gasteiger partial charge < -0.3 is 4.74 Å². The molecule has 17 heavy (non-hydrogen) atoms. The Bertz CT molecular complexity index is 563. The number of carbonyl (C=O) groups excluding carboxylic acids is 1. The van der Waals surface area contributed by atoms with E-state index >= 15 is 0 Å². The van der Waals surface area contributed by atoms with Crippen molar-refractivity contribution in [1.29, 1.82) is 0 Å². The number of hydrogen-bond acceptors (Lipinski definition) is 3. The Morgan fingerprint density at radius 1 is 1.47 bits per heavy atom. The summed E-state index contributed by atoms with van der Waals surface area (Å²) in [5.41, 5.74) is 0.545. The summed E-state index contributed by atoms with van der Waals surface area (Å²) < 4.78 is 8.11. The number of Topliss-reactive ketones (excluding diaryl/α,β-unsaturated/α-hetero) is 1. The van der Waals surface area contributed by atoms with Crippen LogP contribution in [0.4, 0.5) is 0 Å². The maximum absolute atomic E-state index is 11.5. The monoisotopic (exact) mass is 294 g/mol. The molecule has 1 aromatic heterocycles. The lowest BCUT2D eigenvalue weighted by atomic mass is 10.1. The number of rotatable bonds is 3. The molecule has 2 rings (SSSR count). The second-order valence-electron chi connectivity index (χ2n) is 3.65. The number of halogens is 1. The summed E-state index contributed by atoms with van der Waals surface area (Å²) in [5, 5.41) is 4.00. The topological polar surface area (TPSA) is 44.1 Å². The van der Waals surface area contributed by atoms with Crippen LogP contribution in [0.2, 0.25) is 0 Å². The van der Waals surface area contributed by atoms with Crippen molar-refractivity contribution in [3.63, 3.8) is 0 Å². The third-order valence-electron chi connectivity index (χ3n) is 2.23. The first-order valence-corrected chi connectivity index (χ1v) is 5.82. The average Bonchev–Trinajstić information content (AvgIpc) is 2.66. The fourth-order valence-electron chi connectivity index (χ4n) is 1.44. The third kappa shape index (κ3) is 2.74. The molecule has 0 aliphatic carbocycles. The molecule has 5 heteroatoms. The van der Waals surface area contributed by atoms with Gasteiger partial charge in [-0.1, -0.05) is 15.9 Å². The quantitative estimate of drug-likeness (QED) is 0.817. The molecule has 0 radical (unpaired) electrons.